The summed E-state index contributed by atoms with van der Waals surface area (Å²) in [6.45, 7) is 3.35. The molecule has 0 unspecified atom stereocenters. The number of aliphatic hydroxyl groups excluding tert-OH is 6. The standard InChI is InChI=1S/C34H40O16/c1-13(9-45-34-31(41)29(39)28(38)24(50-34)12-47-33-30(40)27(37)17(35)10-46-33)19-7-16-18(48-19)5-4-14-26(36)25-15-6-21(42-2)22(43-3)8-20(15)44-11-23(25)49-32(14)16/h4-6,8,17,19,23-25,27-31,33-35,37-41H,1,7,9-12H2,2-3H3/t17-,19+,23+,24-,25-,27-,28+,29-,30+,31+,33-,34+/m0/s1. The van der Waals surface area contributed by atoms with E-state index in [1.54, 1.807) is 24.3 Å². The van der Waals surface area contributed by atoms with Gasteiger partial charge in [0, 0.05) is 23.6 Å². The summed E-state index contributed by atoms with van der Waals surface area (Å²) >= 11 is 0. The Bertz CT molecular complexity index is 1610. The van der Waals surface area contributed by atoms with E-state index in [4.69, 9.17) is 42.6 Å². The van der Waals surface area contributed by atoms with Gasteiger partial charge in [0.1, 0.15) is 78.8 Å². The van der Waals surface area contributed by atoms with Gasteiger partial charge in [0.15, 0.2) is 29.9 Å². The van der Waals surface area contributed by atoms with Gasteiger partial charge in [-0.25, -0.2) is 0 Å². The summed E-state index contributed by atoms with van der Waals surface area (Å²) < 4.78 is 51.5. The van der Waals surface area contributed by atoms with Crippen LogP contribution >= 0.6 is 0 Å². The maximum Gasteiger partial charge on any atom is 0.187 e. The Morgan fingerprint density at radius 2 is 1.60 bits per heavy atom. The molecule has 0 radical (unpaired) electrons. The molecule has 0 spiro atoms. The molecule has 0 amide bonds. The minimum Gasteiger partial charge on any atom is -0.493 e. The fourth-order valence-corrected chi connectivity index (χ4v) is 6.88. The smallest absolute Gasteiger partial charge is 0.187 e. The number of carbonyl (C=O) groups excluding carboxylic acids is 1. The number of benzene rings is 2. The van der Waals surface area contributed by atoms with Gasteiger partial charge in [0.05, 0.1) is 45.5 Å². The molecule has 0 aliphatic carbocycles. The van der Waals surface area contributed by atoms with Crippen LogP contribution in [-0.2, 0) is 25.4 Å². The number of ether oxygens (including phenoxy) is 9. The molecule has 0 aromatic heterocycles. The third-order valence-corrected chi connectivity index (χ3v) is 9.76. The molecule has 12 atom stereocenters. The second kappa shape index (κ2) is 13.9. The molecule has 7 rings (SSSR count). The van der Waals surface area contributed by atoms with Crippen molar-refractivity contribution < 1.29 is 78.1 Å². The zero-order chi connectivity index (χ0) is 35.4. The van der Waals surface area contributed by atoms with Crippen LogP contribution in [-0.4, -0.2) is 145 Å². The van der Waals surface area contributed by atoms with E-state index in [0.29, 0.717) is 57.4 Å². The number of methoxy groups -OCH3 is 2. The Morgan fingerprint density at radius 3 is 2.36 bits per heavy atom. The minimum atomic E-state index is -1.67. The molecule has 16 heteroatoms. The molecule has 5 aliphatic rings. The van der Waals surface area contributed by atoms with Crippen LogP contribution in [0.4, 0.5) is 0 Å². The van der Waals surface area contributed by atoms with Gasteiger partial charge in [0.2, 0.25) is 0 Å². The quantitative estimate of drug-likeness (QED) is 0.172. The first-order valence-corrected chi connectivity index (χ1v) is 16.2. The molecule has 2 aromatic rings. The molecule has 50 heavy (non-hydrogen) atoms. The van der Waals surface area contributed by atoms with Gasteiger partial charge in [-0.2, -0.15) is 0 Å². The van der Waals surface area contributed by atoms with Crippen molar-refractivity contribution in [1.29, 1.82) is 0 Å². The summed E-state index contributed by atoms with van der Waals surface area (Å²) in [7, 11) is 3.04. The van der Waals surface area contributed by atoms with E-state index in [9.17, 15) is 35.4 Å². The predicted octanol–water partition coefficient (Wildman–Crippen LogP) is -1.04. The zero-order valence-electron chi connectivity index (χ0n) is 27.2. The van der Waals surface area contributed by atoms with Crippen molar-refractivity contribution in [2.45, 2.75) is 79.9 Å². The highest BCUT2D eigenvalue weighted by Crippen LogP contribution is 2.50. The van der Waals surface area contributed by atoms with Gasteiger partial charge >= 0.3 is 0 Å². The number of aliphatic hydroxyl groups is 6. The summed E-state index contributed by atoms with van der Waals surface area (Å²) in [5.74, 6) is 1.67. The first-order chi connectivity index (χ1) is 24.0. The Balaban J connectivity index is 0.993. The second-order valence-corrected chi connectivity index (χ2v) is 12.9. The third-order valence-electron chi connectivity index (χ3n) is 9.76. The van der Waals surface area contributed by atoms with Crippen molar-refractivity contribution in [1.82, 2.24) is 0 Å². The number of carbonyl (C=O) groups is 1. The normalized spacial score (nSPS) is 35.7. The molecule has 5 heterocycles. The number of ketones is 1. The van der Waals surface area contributed by atoms with Crippen molar-refractivity contribution in [3.05, 3.63) is 53.1 Å². The van der Waals surface area contributed by atoms with Gasteiger partial charge < -0.3 is 73.3 Å². The molecule has 272 valence electrons. The van der Waals surface area contributed by atoms with Gasteiger partial charge in [-0.1, -0.05) is 6.58 Å². The van der Waals surface area contributed by atoms with Gasteiger partial charge in [-0.05, 0) is 23.8 Å². The lowest BCUT2D eigenvalue weighted by Gasteiger charge is -2.41. The molecule has 2 fully saturated rings. The van der Waals surface area contributed by atoms with Crippen LogP contribution in [0.2, 0.25) is 0 Å². The SMILES string of the molecule is C=C(CO[C@@H]1O[C@@H](CO[C@@H]2OC[C@H](O)[C@H](O)[C@H]2O)[C@@H](O)[C@H](O)[C@H]1O)[C@H]1Cc2c(ccc3c2O[C@@H]2COc4cc(OC)c(OC)cc4[C@@H]2C3=O)O1. The van der Waals surface area contributed by atoms with Crippen molar-refractivity contribution >= 4 is 5.78 Å². The molecule has 0 bridgehead atoms. The molecule has 2 aromatic carbocycles. The molecule has 6 N–H and O–H groups in total. The second-order valence-electron chi connectivity index (χ2n) is 12.9. The molecule has 16 nitrogen and oxygen atoms in total. The zero-order valence-corrected chi connectivity index (χ0v) is 27.2. The van der Waals surface area contributed by atoms with Gasteiger partial charge in [-0.15, -0.1) is 0 Å². The van der Waals surface area contributed by atoms with Crippen LogP contribution in [0.15, 0.2) is 36.4 Å². The largest absolute Gasteiger partial charge is 0.493 e. The molecular weight excluding hydrogens is 664 g/mol. The first kappa shape index (κ1) is 34.9. The molecular formula is C34H40O16. The predicted molar refractivity (Wildman–Crippen MR) is 167 cm³/mol. The summed E-state index contributed by atoms with van der Waals surface area (Å²) in [5.41, 5.74) is 2.20. The summed E-state index contributed by atoms with van der Waals surface area (Å²) in [4.78, 5) is 13.9. The highest BCUT2D eigenvalue weighted by atomic mass is 16.7. The van der Waals surface area contributed by atoms with Crippen LogP contribution in [0.5, 0.6) is 28.7 Å². The van der Waals surface area contributed by atoms with Crippen LogP contribution in [0.25, 0.3) is 0 Å². The lowest BCUT2D eigenvalue weighted by molar-refractivity contribution is -0.319. The van der Waals surface area contributed by atoms with Crippen molar-refractivity contribution in [3.8, 4) is 28.7 Å². The Labute approximate surface area is 286 Å². The average Bonchev–Trinajstić information content (AvgIpc) is 3.57. The van der Waals surface area contributed by atoms with E-state index in [1.165, 1.54) is 14.2 Å². The van der Waals surface area contributed by atoms with Crippen molar-refractivity contribution in [3.63, 3.8) is 0 Å². The Kier molecular flexibility index (Phi) is 9.68. The third kappa shape index (κ3) is 6.08. The van der Waals surface area contributed by atoms with Gasteiger partial charge in [-0.3, -0.25) is 4.79 Å². The first-order valence-electron chi connectivity index (χ1n) is 16.2. The number of Topliss-reactive ketones (excluding diaryl/α,β-unsaturated/α-hetero) is 1. The highest BCUT2D eigenvalue weighted by Gasteiger charge is 2.48. The molecule has 0 saturated carbocycles. The number of rotatable bonds is 9. The van der Waals surface area contributed by atoms with Crippen molar-refractivity contribution in [2.24, 2.45) is 0 Å². The highest BCUT2D eigenvalue weighted by molar-refractivity contribution is 6.06. The van der Waals surface area contributed by atoms with E-state index in [0.717, 1.165) is 0 Å². The minimum absolute atomic E-state index is 0.123. The van der Waals surface area contributed by atoms with Crippen LogP contribution in [0, 0.1) is 0 Å². The van der Waals surface area contributed by atoms with E-state index >= 15 is 0 Å². The maximum atomic E-state index is 13.9. The summed E-state index contributed by atoms with van der Waals surface area (Å²) in [6, 6.07) is 6.82. The topological polar surface area (TPSA) is 222 Å². The number of hydrogen-bond acceptors (Lipinski definition) is 16. The number of fused-ring (bicyclic) bond motifs is 6. The maximum absolute atomic E-state index is 13.9. The summed E-state index contributed by atoms with van der Waals surface area (Å²) in [5, 5.41) is 61.2. The monoisotopic (exact) mass is 704 g/mol. The van der Waals surface area contributed by atoms with Crippen LogP contribution < -0.4 is 23.7 Å². The van der Waals surface area contributed by atoms with Crippen LogP contribution in [0.1, 0.15) is 27.4 Å². The van der Waals surface area contributed by atoms with Crippen LogP contribution in [0.3, 0.4) is 0 Å². The molecule has 5 aliphatic heterocycles. The fraction of sp³-hybridized carbons (Fsp3) is 0.559. The number of hydrogen-bond donors (Lipinski definition) is 6. The lowest BCUT2D eigenvalue weighted by atomic mass is 9.81. The fourth-order valence-electron chi connectivity index (χ4n) is 6.88. The lowest BCUT2D eigenvalue weighted by Crippen LogP contribution is -2.60. The van der Waals surface area contributed by atoms with E-state index in [2.05, 4.69) is 6.58 Å². The average molecular weight is 705 g/mol. The van der Waals surface area contributed by atoms with Crippen molar-refractivity contribution in [2.75, 3.05) is 40.6 Å². The Hall–Kier alpha value is -3.55. The van der Waals surface area contributed by atoms with E-state index in [1.807, 2.05) is 0 Å². The molecule has 2 saturated heterocycles. The Morgan fingerprint density at radius 1 is 0.860 bits per heavy atom. The van der Waals surface area contributed by atoms with E-state index in [-0.39, 0.29) is 25.6 Å². The summed E-state index contributed by atoms with van der Waals surface area (Å²) in [6.07, 6.45) is -14.1. The van der Waals surface area contributed by atoms with E-state index < -0.39 is 80.0 Å². The van der Waals surface area contributed by atoms with Gasteiger partial charge in [0.25, 0.3) is 0 Å².